The zero-order valence-electron chi connectivity index (χ0n) is 16.7. The average Bonchev–Trinajstić information content (AvgIpc) is 2.65. The van der Waals surface area contributed by atoms with E-state index in [1.165, 1.54) is 0 Å². The first kappa shape index (κ1) is 21.4. The normalized spacial score (nSPS) is 12.9. The van der Waals surface area contributed by atoms with Gasteiger partial charge in [-0.2, -0.15) is 0 Å². The molecular formula is C21H29N5O2. The van der Waals surface area contributed by atoms with Gasteiger partial charge in [-0.3, -0.25) is 9.59 Å². The molecule has 0 aliphatic heterocycles. The summed E-state index contributed by atoms with van der Waals surface area (Å²) >= 11 is 0. The first-order valence-electron chi connectivity index (χ1n) is 9.38. The fourth-order valence-electron chi connectivity index (χ4n) is 2.97. The molecule has 7 heteroatoms. The van der Waals surface area contributed by atoms with Crippen molar-refractivity contribution in [3.05, 3.63) is 58.8 Å². The smallest absolute Gasteiger partial charge is 0.242 e. The Morgan fingerprint density at radius 3 is 2.46 bits per heavy atom. The third kappa shape index (κ3) is 6.06. The number of hydrogen-bond acceptors (Lipinski definition) is 5. The predicted molar refractivity (Wildman–Crippen MR) is 110 cm³/mol. The van der Waals surface area contributed by atoms with Gasteiger partial charge in [-0.25, -0.2) is 4.98 Å². The summed E-state index contributed by atoms with van der Waals surface area (Å²) in [5.41, 5.74) is 15.5. The fourth-order valence-corrected chi connectivity index (χ4v) is 2.97. The van der Waals surface area contributed by atoms with Crippen LogP contribution in [0.1, 0.15) is 35.7 Å². The minimum Gasteiger partial charge on any atom is -0.384 e. The van der Waals surface area contributed by atoms with Crippen molar-refractivity contribution < 1.29 is 9.59 Å². The molecule has 2 rings (SSSR count). The predicted octanol–water partition coefficient (Wildman–Crippen LogP) is 1.36. The molecule has 28 heavy (non-hydrogen) atoms. The van der Waals surface area contributed by atoms with E-state index in [1.54, 1.807) is 13.0 Å². The number of benzene rings is 1. The zero-order chi connectivity index (χ0) is 20.7. The molecule has 1 aromatic carbocycles. The number of rotatable bonds is 8. The summed E-state index contributed by atoms with van der Waals surface area (Å²) in [6.45, 7) is 5.73. The summed E-state index contributed by atoms with van der Waals surface area (Å²) in [5, 5.41) is 5.51. The number of nitrogen functional groups attached to an aromatic ring is 1. The number of hydrogen-bond donors (Lipinski definition) is 4. The van der Waals surface area contributed by atoms with E-state index in [9.17, 15) is 9.59 Å². The van der Waals surface area contributed by atoms with Crippen molar-refractivity contribution in [3.63, 3.8) is 0 Å². The van der Waals surface area contributed by atoms with Crippen LogP contribution in [-0.4, -0.2) is 28.9 Å². The number of carbonyl (C=O) groups is 2. The minimum atomic E-state index is -0.683. The van der Waals surface area contributed by atoms with E-state index in [1.807, 2.05) is 44.2 Å². The number of aromatic nitrogens is 1. The Hall–Kier alpha value is -2.93. The van der Waals surface area contributed by atoms with Crippen molar-refractivity contribution in [2.45, 2.75) is 52.2 Å². The molecule has 2 atom stereocenters. The largest absolute Gasteiger partial charge is 0.384 e. The Morgan fingerprint density at radius 1 is 1.14 bits per heavy atom. The van der Waals surface area contributed by atoms with Crippen LogP contribution in [0.4, 0.5) is 5.82 Å². The highest BCUT2D eigenvalue weighted by Gasteiger charge is 2.20. The quantitative estimate of drug-likeness (QED) is 0.548. The zero-order valence-corrected chi connectivity index (χ0v) is 16.7. The molecule has 1 aromatic heterocycles. The molecule has 0 fully saturated rings. The number of amides is 2. The highest BCUT2D eigenvalue weighted by atomic mass is 16.2. The standard InChI is InChI=1S/C21H29N5O2/c1-13-11-19(23)25-14(2)17(13)12-24-20(27)15(3)26-21(28)18(22)10-9-16-7-5-4-6-8-16/h4-8,11,15,18H,9-10,12,22H2,1-3H3,(H2,23,25)(H,24,27)(H,26,28)/t15-,18+/m0/s1. The second-order valence-electron chi connectivity index (χ2n) is 7.01. The average molecular weight is 383 g/mol. The van der Waals surface area contributed by atoms with Gasteiger partial charge in [0.2, 0.25) is 11.8 Å². The van der Waals surface area contributed by atoms with Gasteiger partial charge in [0.05, 0.1) is 6.04 Å². The lowest BCUT2D eigenvalue weighted by Gasteiger charge is -2.18. The lowest BCUT2D eigenvalue weighted by Crippen LogP contribution is -2.50. The van der Waals surface area contributed by atoms with E-state index in [2.05, 4.69) is 15.6 Å². The van der Waals surface area contributed by atoms with Gasteiger partial charge >= 0.3 is 0 Å². The first-order valence-corrected chi connectivity index (χ1v) is 9.38. The van der Waals surface area contributed by atoms with Crippen LogP contribution in [-0.2, 0) is 22.6 Å². The van der Waals surface area contributed by atoms with Crippen LogP contribution in [0.5, 0.6) is 0 Å². The Bertz CT molecular complexity index is 800. The van der Waals surface area contributed by atoms with E-state index in [-0.39, 0.29) is 11.8 Å². The SMILES string of the molecule is Cc1cc(N)nc(C)c1CNC(=O)[C@H](C)NC(=O)[C@H](N)CCc1ccccc1. The highest BCUT2D eigenvalue weighted by Crippen LogP contribution is 2.14. The van der Waals surface area contributed by atoms with E-state index >= 15 is 0 Å². The Labute approximate surface area is 165 Å². The molecule has 0 aliphatic rings. The third-order valence-corrected chi connectivity index (χ3v) is 4.69. The molecule has 0 saturated heterocycles. The van der Waals surface area contributed by atoms with Crippen LogP contribution < -0.4 is 22.1 Å². The highest BCUT2D eigenvalue weighted by molar-refractivity contribution is 5.89. The fraction of sp³-hybridized carbons (Fsp3) is 0.381. The molecule has 6 N–H and O–H groups in total. The van der Waals surface area contributed by atoms with Crippen LogP contribution >= 0.6 is 0 Å². The molecule has 2 aromatic rings. The molecule has 0 aliphatic carbocycles. The lowest BCUT2D eigenvalue weighted by atomic mass is 10.1. The van der Waals surface area contributed by atoms with E-state index < -0.39 is 12.1 Å². The van der Waals surface area contributed by atoms with Crippen LogP contribution in [0.3, 0.4) is 0 Å². The van der Waals surface area contributed by atoms with Crippen molar-refractivity contribution in [1.82, 2.24) is 15.6 Å². The third-order valence-electron chi connectivity index (χ3n) is 4.69. The van der Waals surface area contributed by atoms with E-state index in [4.69, 9.17) is 11.5 Å². The maximum atomic E-state index is 12.3. The number of carbonyl (C=O) groups excluding carboxylic acids is 2. The van der Waals surface area contributed by atoms with Crippen molar-refractivity contribution >= 4 is 17.6 Å². The van der Waals surface area contributed by atoms with Gasteiger partial charge < -0.3 is 22.1 Å². The van der Waals surface area contributed by atoms with Crippen LogP contribution in [0.15, 0.2) is 36.4 Å². The summed E-state index contributed by atoms with van der Waals surface area (Å²) in [5.74, 6) is -0.158. The molecule has 2 amide bonds. The van der Waals surface area contributed by atoms with Crippen LogP contribution in [0.2, 0.25) is 0 Å². The first-order chi connectivity index (χ1) is 13.3. The molecule has 0 radical (unpaired) electrons. The molecular weight excluding hydrogens is 354 g/mol. The van der Waals surface area contributed by atoms with Gasteiger partial charge in [0.1, 0.15) is 11.9 Å². The second kappa shape index (κ2) is 9.85. The van der Waals surface area contributed by atoms with Crippen molar-refractivity contribution in [2.75, 3.05) is 5.73 Å². The van der Waals surface area contributed by atoms with Gasteiger partial charge in [-0.1, -0.05) is 30.3 Å². The number of anilines is 1. The molecule has 7 nitrogen and oxygen atoms in total. The lowest BCUT2D eigenvalue weighted by molar-refractivity contribution is -0.129. The summed E-state index contributed by atoms with van der Waals surface area (Å²) in [6.07, 6.45) is 1.22. The monoisotopic (exact) mass is 383 g/mol. The van der Waals surface area contributed by atoms with E-state index in [0.29, 0.717) is 25.2 Å². The molecule has 0 unspecified atom stereocenters. The summed E-state index contributed by atoms with van der Waals surface area (Å²) in [4.78, 5) is 28.8. The Morgan fingerprint density at radius 2 is 1.82 bits per heavy atom. The van der Waals surface area contributed by atoms with Crippen LogP contribution in [0, 0.1) is 13.8 Å². The Balaban J connectivity index is 1.82. The van der Waals surface area contributed by atoms with Gasteiger partial charge in [0.25, 0.3) is 0 Å². The van der Waals surface area contributed by atoms with E-state index in [0.717, 1.165) is 22.4 Å². The summed E-state index contributed by atoms with van der Waals surface area (Å²) in [6, 6.07) is 10.3. The topological polar surface area (TPSA) is 123 Å². The number of aryl methyl sites for hydroxylation is 3. The Kier molecular flexibility index (Phi) is 7.52. The molecule has 150 valence electrons. The van der Waals surface area contributed by atoms with Gasteiger partial charge in [-0.05, 0) is 56.4 Å². The second-order valence-corrected chi connectivity index (χ2v) is 7.01. The minimum absolute atomic E-state index is 0.278. The molecule has 0 spiro atoms. The number of nitrogens with zero attached hydrogens (tertiary/aromatic N) is 1. The number of nitrogens with one attached hydrogen (secondary N) is 2. The summed E-state index contributed by atoms with van der Waals surface area (Å²) in [7, 11) is 0. The molecule has 1 heterocycles. The molecule has 0 bridgehead atoms. The van der Waals surface area contributed by atoms with Gasteiger partial charge in [0, 0.05) is 12.2 Å². The maximum absolute atomic E-state index is 12.3. The van der Waals surface area contributed by atoms with Gasteiger partial charge in [0.15, 0.2) is 0 Å². The number of pyridine rings is 1. The van der Waals surface area contributed by atoms with Crippen molar-refractivity contribution in [3.8, 4) is 0 Å². The van der Waals surface area contributed by atoms with Crippen LogP contribution in [0.25, 0.3) is 0 Å². The van der Waals surface area contributed by atoms with Crippen molar-refractivity contribution in [2.24, 2.45) is 5.73 Å². The molecule has 0 saturated carbocycles. The number of nitrogens with two attached hydrogens (primary N) is 2. The van der Waals surface area contributed by atoms with Gasteiger partial charge in [-0.15, -0.1) is 0 Å². The van der Waals surface area contributed by atoms with Crippen molar-refractivity contribution in [1.29, 1.82) is 0 Å². The maximum Gasteiger partial charge on any atom is 0.242 e. The summed E-state index contributed by atoms with van der Waals surface area (Å²) < 4.78 is 0.